The molecular formula is C17H17IN2O2. The van der Waals surface area contributed by atoms with Crippen LogP contribution in [0.5, 0.6) is 0 Å². The molecule has 5 heteroatoms. The predicted molar refractivity (Wildman–Crippen MR) is 93.6 cm³/mol. The van der Waals surface area contributed by atoms with Crippen molar-refractivity contribution >= 4 is 28.6 Å². The van der Waals surface area contributed by atoms with Gasteiger partial charge in [-0.1, -0.05) is 19.1 Å². The van der Waals surface area contributed by atoms with Crippen LogP contribution in [-0.2, 0) is 18.2 Å². The highest BCUT2D eigenvalue weighted by Gasteiger charge is 2.26. The number of benzene rings is 1. The van der Waals surface area contributed by atoms with E-state index in [1.165, 1.54) is 0 Å². The molecule has 0 radical (unpaired) electrons. The molecule has 0 aliphatic carbocycles. The first-order valence-electron chi connectivity index (χ1n) is 7.09. The first-order chi connectivity index (χ1) is 10.5. The standard InChI is InChI=1S/C17H17IN2O2/c1-4-14-13(10-19)15(11-6-8-12(18)9-7-11)16(20(14)3)17(21)22-5-2/h6-9H,4-5H2,1-3H3. The number of nitrogens with zero attached hydrogens (tertiary/aromatic N) is 2. The molecule has 1 aromatic carbocycles. The SMILES string of the molecule is CCOC(=O)c1c(-c2ccc(I)cc2)c(C#N)c(CC)n1C. The Bertz CT molecular complexity index is 739. The van der Waals surface area contributed by atoms with Gasteiger partial charge >= 0.3 is 5.97 Å². The molecule has 0 unspecified atom stereocenters. The smallest absolute Gasteiger partial charge is 0.355 e. The highest BCUT2D eigenvalue weighted by atomic mass is 127. The first-order valence-corrected chi connectivity index (χ1v) is 8.17. The molecule has 0 aliphatic rings. The summed E-state index contributed by atoms with van der Waals surface area (Å²) in [6.45, 7) is 4.06. The maximum atomic E-state index is 12.4. The van der Waals surface area contributed by atoms with Crippen LogP contribution in [0.2, 0.25) is 0 Å². The van der Waals surface area contributed by atoms with E-state index in [1.807, 2.05) is 38.2 Å². The van der Waals surface area contributed by atoms with Crippen LogP contribution in [-0.4, -0.2) is 17.1 Å². The fourth-order valence-electron chi connectivity index (χ4n) is 2.60. The van der Waals surface area contributed by atoms with E-state index in [0.717, 1.165) is 14.8 Å². The lowest BCUT2D eigenvalue weighted by atomic mass is 10.00. The van der Waals surface area contributed by atoms with Gasteiger partial charge in [-0.25, -0.2) is 4.79 Å². The minimum Gasteiger partial charge on any atom is -0.461 e. The number of hydrogen-bond donors (Lipinski definition) is 0. The van der Waals surface area contributed by atoms with Gasteiger partial charge in [0.2, 0.25) is 0 Å². The van der Waals surface area contributed by atoms with Crippen LogP contribution in [0.4, 0.5) is 0 Å². The van der Waals surface area contributed by atoms with Crippen molar-refractivity contribution in [3.05, 3.63) is 44.8 Å². The number of ether oxygens (including phenoxy) is 1. The second kappa shape index (κ2) is 6.97. The zero-order valence-electron chi connectivity index (χ0n) is 12.8. The van der Waals surface area contributed by atoms with Crippen molar-refractivity contribution in [2.24, 2.45) is 7.05 Å². The van der Waals surface area contributed by atoms with Crippen molar-refractivity contribution < 1.29 is 9.53 Å². The van der Waals surface area contributed by atoms with Gasteiger partial charge in [0.05, 0.1) is 12.2 Å². The fourth-order valence-corrected chi connectivity index (χ4v) is 2.96. The van der Waals surface area contributed by atoms with Crippen molar-refractivity contribution in [3.63, 3.8) is 0 Å². The molecule has 0 spiro atoms. The molecule has 2 aromatic rings. The Morgan fingerprint density at radius 1 is 1.32 bits per heavy atom. The lowest BCUT2D eigenvalue weighted by Gasteiger charge is -2.08. The fraction of sp³-hybridized carbons (Fsp3) is 0.294. The molecule has 0 fully saturated rings. The van der Waals surface area contributed by atoms with Gasteiger partial charge in [-0.3, -0.25) is 0 Å². The third-order valence-corrected chi connectivity index (χ3v) is 4.28. The topological polar surface area (TPSA) is 55.0 Å². The lowest BCUT2D eigenvalue weighted by Crippen LogP contribution is -2.12. The average molecular weight is 408 g/mol. The molecule has 0 saturated carbocycles. The molecule has 4 nitrogen and oxygen atoms in total. The van der Waals surface area contributed by atoms with Crippen LogP contribution in [0.3, 0.4) is 0 Å². The summed E-state index contributed by atoms with van der Waals surface area (Å²) < 4.78 is 8.06. The van der Waals surface area contributed by atoms with Gasteiger partial charge in [0.1, 0.15) is 11.8 Å². The second-order valence-corrected chi connectivity index (χ2v) is 6.04. The van der Waals surface area contributed by atoms with Crippen molar-refractivity contribution in [2.75, 3.05) is 6.61 Å². The quantitative estimate of drug-likeness (QED) is 0.570. The highest BCUT2D eigenvalue weighted by molar-refractivity contribution is 14.1. The molecule has 0 amide bonds. The van der Waals surface area contributed by atoms with E-state index in [1.54, 1.807) is 11.5 Å². The number of carbonyl (C=O) groups is 1. The van der Waals surface area contributed by atoms with Crippen LogP contribution in [0.1, 0.15) is 35.6 Å². The van der Waals surface area contributed by atoms with Gasteiger partial charge in [0.15, 0.2) is 0 Å². The molecule has 0 bridgehead atoms. The average Bonchev–Trinajstić information content (AvgIpc) is 2.80. The number of halogens is 1. The first kappa shape index (κ1) is 16.6. The van der Waals surface area contributed by atoms with Gasteiger partial charge in [0, 0.05) is 21.9 Å². The van der Waals surface area contributed by atoms with Crippen molar-refractivity contribution in [3.8, 4) is 17.2 Å². The van der Waals surface area contributed by atoms with E-state index in [2.05, 4.69) is 28.7 Å². The molecule has 2 rings (SSSR count). The summed E-state index contributed by atoms with van der Waals surface area (Å²) in [6.07, 6.45) is 0.677. The summed E-state index contributed by atoms with van der Waals surface area (Å²) in [5.74, 6) is -0.394. The summed E-state index contributed by atoms with van der Waals surface area (Å²) in [6, 6.07) is 10.0. The molecule has 1 heterocycles. The van der Waals surface area contributed by atoms with Gasteiger partial charge in [-0.2, -0.15) is 5.26 Å². The second-order valence-electron chi connectivity index (χ2n) is 4.80. The van der Waals surface area contributed by atoms with Crippen LogP contribution >= 0.6 is 22.6 Å². The number of rotatable bonds is 4. The maximum absolute atomic E-state index is 12.4. The normalized spacial score (nSPS) is 10.3. The zero-order chi connectivity index (χ0) is 16.3. The van der Waals surface area contributed by atoms with Crippen LogP contribution in [0, 0.1) is 14.9 Å². The molecule has 0 atom stereocenters. The monoisotopic (exact) mass is 408 g/mol. The Balaban J connectivity index is 2.77. The van der Waals surface area contributed by atoms with E-state index >= 15 is 0 Å². The molecule has 114 valence electrons. The van der Waals surface area contributed by atoms with Gasteiger partial charge in [0.25, 0.3) is 0 Å². The third-order valence-electron chi connectivity index (χ3n) is 3.56. The summed E-state index contributed by atoms with van der Waals surface area (Å²) in [7, 11) is 1.81. The predicted octanol–water partition coefficient (Wildman–Crippen LogP) is 3.91. The van der Waals surface area contributed by atoms with E-state index in [4.69, 9.17) is 4.74 Å². The number of nitriles is 1. The third kappa shape index (κ3) is 2.88. The summed E-state index contributed by atoms with van der Waals surface area (Å²) >= 11 is 2.23. The van der Waals surface area contributed by atoms with Crippen molar-refractivity contribution in [1.82, 2.24) is 4.57 Å². The molecule has 0 saturated heterocycles. The van der Waals surface area contributed by atoms with E-state index in [9.17, 15) is 10.1 Å². The number of esters is 1. The Kier molecular flexibility index (Phi) is 5.24. The minimum atomic E-state index is -0.394. The van der Waals surface area contributed by atoms with Crippen molar-refractivity contribution in [1.29, 1.82) is 5.26 Å². The Labute approximate surface area is 143 Å². The van der Waals surface area contributed by atoms with Gasteiger partial charge in [-0.15, -0.1) is 0 Å². The summed E-state index contributed by atoms with van der Waals surface area (Å²) in [5, 5.41) is 9.58. The summed E-state index contributed by atoms with van der Waals surface area (Å²) in [4.78, 5) is 12.4. The Morgan fingerprint density at radius 3 is 2.45 bits per heavy atom. The van der Waals surface area contributed by atoms with Crippen LogP contribution in [0.25, 0.3) is 11.1 Å². The Morgan fingerprint density at radius 2 is 1.95 bits per heavy atom. The van der Waals surface area contributed by atoms with E-state index in [-0.39, 0.29) is 0 Å². The van der Waals surface area contributed by atoms with Crippen LogP contribution in [0.15, 0.2) is 24.3 Å². The van der Waals surface area contributed by atoms with Crippen molar-refractivity contribution in [2.45, 2.75) is 20.3 Å². The maximum Gasteiger partial charge on any atom is 0.355 e. The largest absolute Gasteiger partial charge is 0.461 e. The van der Waals surface area contributed by atoms with Gasteiger partial charge < -0.3 is 9.30 Å². The highest BCUT2D eigenvalue weighted by Crippen LogP contribution is 2.33. The van der Waals surface area contributed by atoms with Crippen LogP contribution < -0.4 is 0 Å². The molecular weight excluding hydrogens is 391 g/mol. The zero-order valence-corrected chi connectivity index (χ0v) is 15.0. The molecule has 0 aliphatic heterocycles. The number of carbonyl (C=O) groups excluding carboxylic acids is 1. The molecule has 22 heavy (non-hydrogen) atoms. The van der Waals surface area contributed by atoms with Gasteiger partial charge in [-0.05, 0) is 53.6 Å². The molecule has 1 aromatic heterocycles. The lowest BCUT2D eigenvalue weighted by molar-refractivity contribution is 0.0516. The number of hydrogen-bond acceptors (Lipinski definition) is 3. The van der Waals surface area contributed by atoms with E-state index in [0.29, 0.717) is 29.8 Å². The minimum absolute atomic E-state index is 0.305. The van der Waals surface area contributed by atoms with E-state index < -0.39 is 5.97 Å². The number of aromatic nitrogens is 1. The Hall–Kier alpha value is -1.81. The summed E-state index contributed by atoms with van der Waals surface area (Å²) in [5.41, 5.74) is 3.36. The molecule has 0 N–H and O–H groups in total.